The molecule has 6 heteroatoms. The summed E-state index contributed by atoms with van der Waals surface area (Å²) < 4.78 is 0. The lowest BCUT2D eigenvalue weighted by Gasteiger charge is -2.12. The molecule has 0 aliphatic heterocycles. The van der Waals surface area contributed by atoms with Crippen molar-refractivity contribution in [3.8, 4) is 33.4 Å². The summed E-state index contributed by atoms with van der Waals surface area (Å²) in [5.41, 5.74) is 7.65. The van der Waals surface area contributed by atoms with Crippen molar-refractivity contribution in [2.24, 2.45) is 0 Å². The minimum absolute atomic E-state index is 0.0911. The summed E-state index contributed by atoms with van der Waals surface area (Å²) in [7, 11) is 0. The Morgan fingerprint density at radius 3 is 1.74 bits per heavy atom. The van der Waals surface area contributed by atoms with Gasteiger partial charge in [-0.15, -0.1) is 10.2 Å². The predicted molar refractivity (Wildman–Crippen MR) is 138 cm³/mol. The van der Waals surface area contributed by atoms with E-state index in [1.807, 2.05) is 36.4 Å². The normalized spacial score (nSPS) is 10.7. The van der Waals surface area contributed by atoms with Crippen molar-refractivity contribution in [2.75, 3.05) is 11.1 Å². The van der Waals surface area contributed by atoms with Crippen LogP contribution in [0.5, 0.6) is 0 Å². The Kier molecular flexibility index (Phi) is 6.49. The predicted octanol–water partition coefficient (Wildman–Crippen LogP) is 6.54. The molecule has 0 aliphatic carbocycles. The lowest BCUT2D eigenvalue weighted by Crippen LogP contribution is -2.14. The van der Waals surface area contributed by atoms with Gasteiger partial charge in [-0.25, -0.2) is 0 Å². The molecule has 0 spiro atoms. The van der Waals surface area contributed by atoms with Crippen LogP contribution in [-0.4, -0.2) is 26.8 Å². The first-order valence-electron chi connectivity index (χ1n) is 10.9. The summed E-state index contributed by atoms with van der Waals surface area (Å²) in [6.45, 7) is 0. The fourth-order valence-corrected chi connectivity index (χ4v) is 4.31. The van der Waals surface area contributed by atoms with Gasteiger partial charge >= 0.3 is 0 Å². The molecule has 5 rings (SSSR count). The van der Waals surface area contributed by atoms with Crippen LogP contribution in [0.15, 0.2) is 115 Å². The highest BCUT2D eigenvalue weighted by Gasteiger charge is 2.09. The fraction of sp³-hybridized carbons (Fsp3) is 0.0357. The van der Waals surface area contributed by atoms with Crippen LogP contribution in [0.1, 0.15) is 0 Å². The van der Waals surface area contributed by atoms with Crippen molar-refractivity contribution in [3.05, 3.63) is 109 Å². The van der Waals surface area contributed by atoms with Crippen LogP contribution in [0.2, 0.25) is 0 Å². The summed E-state index contributed by atoms with van der Waals surface area (Å²) in [6.07, 6.45) is 1.49. The van der Waals surface area contributed by atoms with Gasteiger partial charge in [0.05, 0.1) is 5.75 Å². The van der Waals surface area contributed by atoms with Gasteiger partial charge in [0.15, 0.2) is 5.16 Å². The van der Waals surface area contributed by atoms with E-state index < -0.39 is 0 Å². The average Bonchev–Trinajstić information content (AvgIpc) is 3.43. The summed E-state index contributed by atoms with van der Waals surface area (Å²) in [6, 6.07) is 35.4. The fourth-order valence-electron chi connectivity index (χ4n) is 3.73. The maximum absolute atomic E-state index is 12.3. The molecule has 0 atom stereocenters. The first-order valence-corrected chi connectivity index (χ1v) is 11.9. The van der Waals surface area contributed by atoms with Crippen LogP contribution in [0.3, 0.4) is 0 Å². The monoisotopic (exact) mass is 462 g/mol. The lowest BCUT2D eigenvalue weighted by atomic mass is 9.93. The highest BCUT2D eigenvalue weighted by atomic mass is 32.2. The number of hydrogen-bond donors (Lipinski definition) is 2. The smallest absolute Gasteiger partial charge is 0.234 e. The minimum Gasteiger partial charge on any atom is -0.325 e. The largest absolute Gasteiger partial charge is 0.325 e. The van der Waals surface area contributed by atoms with Gasteiger partial charge in [-0.05, 0) is 63.7 Å². The summed E-state index contributed by atoms with van der Waals surface area (Å²) in [4.78, 5) is 15.1. The van der Waals surface area contributed by atoms with Crippen molar-refractivity contribution in [3.63, 3.8) is 0 Å². The number of aromatic nitrogens is 3. The molecule has 0 fully saturated rings. The van der Waals surface area contributed by atoms with Crippen molar-refractivity contribution >= 4 is 23.4 Å². The second kappa shape index (κ2) is 10.2. The van der Waals surface area contributed by atoms with E-state index in [0.29, 0.717) is 5.16 Å². The number of thioether (sulfide) groups is 1. The number of benzene rings is 4. The van der Waals surface area contributed by atoms with Gasteiger partial charge in [-0.1, -0.05) is 84.6 Å². The zero-order chi connectivity index (χ0) is 23.2. The van der Waals surface area contributed by atoms with Crippen LogP contribution in [0.25, 0.3) is 33.4 Å². The van der Waals surface area contributed by atoms with Gasteiger partial charge in [-0.3, -0.25) is 4.79 Å². The number of rotatable bonds is 7. The molecule has 0 saturated carbocycles. The van der Waals surface area contributed by atoms with Crippen LogP contribution in [0.4, 0.5) is 5.69 Å². The Hall–Kier alpha value is -4.16. The lowest BCUT2D eigenvalue weighted by molar-refractivity contribution is -0.113. The van der Waals surface area contributed by atoms with E-state index >= 15 is 0 Å². The third-order valence-corrected chi connectivity index (χ3v) is 6.26. The number of hydrogen-bond acceptors (Lipinski definition) is 4. The van der Waals surface area contributed by atoms with Crippen molar-refractivity contribution in [1.82, 2.24) is 15.2 Å². The molecule has 1 aromatic heterocycles. The molecule has 2 N–H and O–H groups in total. The van der Waals surface area contributed by atoms with Gasteiger partial charge in [-0.2, -0.15) is 0 Å². The maximum atomic E-state index is 12.3. The van der Waals surface area contributed by atoms with Crippen LogP contribution in [0, 0.1) is 0 Å². The molecular weight excluding hydrogens is 440 g/mol. The molecule has 0 saturated heterocycles. The number of anilines is 1. The van der Waals surface area contributed by atoms with Gasteiger partial charge in [0.1, 0.15) is 6.33 Å². The number of aromatic amines is 1. The molecule has 1 amide bonds. The van der Waals surface area contributed by atoms with Crippen molar-refractivity contribution in [2.45, 2.75) is 5.16 Å². The first-order chi connectivity index (χ1) is 16.7. The molecule has 0 unspecified atom stereocenters. The molecular formula is C28H22N4OS. The van der Waals surface area contributed by atoms with E-state index in [4.69, 9.17) is 0 Å². The molecule has 34 heavy (non-hydrogen) atoms. The zero-order valence-corrected chi connectivity index (χ0v) is 19.1. The van der Waals surface area contributed by atoms with Gasteiger partial charge in [0.25, 0.3) is 0 Å². The Labute approximate surface area is 202 Å². The summed E-state index contributed by atoms with van der Waals surface area (Å²) in [5, 5.41) is 11.1. The molecule has 4 aromatic carbocycles. The molecule has 0 radical (unpaired) electrons. The van der Waals surface area contributed by atoms with E-state index in [9.17, 15) is 4.79 Å². The second-order valence-electron chi connectivity index (χ2n) is 7.74. The quantitative estimate of drug-likeness (QED) is 0.270. The third kappa shape index (κ3) is 5.24. The van der Waals surface area contributed by atoms with E-state index in [1.54, 1.807) is 0 Å². The Morgan fingerprint density at radius 1 is 0.706 bits per heavy atom. The van der Waals surface area contributed by atoms with E-state index in [2.05, 4.69) is 87.2 Å². The number of carbonyl (C=O) groups is 1. The highest BCUT2D eigenvalue weighted by Crippen LogP contribution is 2.33. The second-order valence-corrected chi connectivity index (χ2v) is 8.70. The van der Waals surface area contributed by atoms with E-state index in [0.717, 1.165) is 16.8 Å². The summed E-state index contributed by atoms with van der Waals surface area (Å²) in [5.74, 6) is 0.169. The van der Waals surface area contributed by atoms with Gasteiger partial charge < -0.3 is 10.3 Å². The Balaban J connectivity index is 1.39. The highest BCUT2D eigenvalue weighted by molar-refractivity contribution is 7.99. The van der Waals surface area contributed by atoms with Crippen molar-refractivity contribution in [1.29, 1.82) is 0 Å². The number of carbonyl (C=O) groups excluding carboxylic acids is 1. The average molecular weight is 463 g/mol. The van der Waals surface area contributed by atoms with Gasteiger partial charge in [0, 0.05) is 5.69 Å². The Morgan fingerprint density at radius 2 is 1.24 bits per heavy atom. The molecule has 166 valence electrons. The van der Waals surface area contributed by atoms with Crippen molar-refractivity contribution < 1.29 is 4.79 Å². The minimum atomic E-state index is -0.0911. The van der Waals surface area contributed by atoms with Crippen LogP contribution >= 0.6 is 11.8 Å². The number of nitrogens with one attached hydrogen (secondary N) is 2. The van der Waals surface area contributed by atoms with Crippen LogP contribution in [-0.2, 0) is 4.79 Å². The number of H-pyrrole nitrogens is 1. The standard InChI is InChI=1S/C28H22N4OS/c33-27(18-34-28-29-19-30-32-28)31-26-13-11-22(12-14-26)25-16-23(20-7-3-1-4-8-20)15-24(17-25)21-9-5-2-6-10-21/h1-17,19H,18H2,(H,31,33)(H,29,30,32). The van der Waals surface area contributed by atoms with Gasteiger partial charge in [0.2, 0.25) is 5.91 Å². The molecule has 5 nitrogen and oxygen atoms in total. The third-order valence-electron chi connectivity index (χ3n) is 5.38. The van der Waals surface area contributed by atoms with Crippen LogP contribution < -0.4 is 5.32 Å². The SMILES string of the molecule is O=C(CSc1nnc[nH]1)Nc1ccc(-c2cc(-c3ccccc3)cc(-c3ccccc3)c2)cc1. The molecule has 0 bridgehead atoms. The molecule has 0 aliphatic rings. The topological polar surface area (TPSA) is 70.7 Å². The molecule has 5 aromatic rings. The van der Waals surface area contributed by atoms with E-state index in [-0.39, 0.29) is 11.7 Å². The number of amides is 1. The maximum Gasteiger partial charge on any atom is 0.234 e. The zero-order valence-electron chi connectivity index (χ0n) is 18.3. The number of nitrogens with zero attached hydrogens (tertiary/aromatic N) is 2. The van der Waals surface area contributed by atoms with E-state index in [1.165, 1.54) is 40.3 Å². The first kappa shape index (κ1) is 21.7. The molecule has 1 heterocycles. The summed E-state index contributed by atoms with van der Waals surface area (Å²) >= 11 is 1.31. The Bertz CT molecular complexity index is 1310.